The maximum absolute atomic E-state index is 12.1. The number of rotatable bonds is 15. The molecular formula is C17H31N3O9P2. The molecule has 2 unspecified atom stereocenters. The van der Waals surface area contributed by atoms with Gasteiger partial charge < -0.3 is 19.9 Å². The monoisotopic (exact) mass is 483 g/mol. The molecule has 0 amide bonds. The van der Waals surface area contributed by atoms with Crippen molar-refractivity contribution in [2.45, 2.75) is 64.4 Å². The molecule has 1 aliphatic heterocycles. The van der Waals surface area contributed by atoms with Gasteiger partial charge in [0.1, 0.15) is 18.1 Å². The third kappa shape index (κ3) is 9.21. The predicted octanol–water partition coefficient (Wildman–Crippen LogP) is 2.69. The Hall–Kier alpha value is -0.940. The second-order valence-electron chi connectivity index (χ2n) is 6.86. The first-order chi connectivity index (χ1) is 14.9. The van der Waals surface area contributed by atoms with Crippen LogP contribution in [0, 0.1) is 0 Å². The van der Waals surface area contributed by atoms with E-state index in [9.17, 15) is 14.3 Å². The lowest BCUT2D eigenvalue weighted by Gasteiger charge is -2.20. The van der Waals surface area contributed by atoms with Crippen LogP contribution in [-0.2, 0) is 32.4 Å². The van der Waals surface area contributed by atoms with Crippen molar-refractivity contribution in [1.29, 1.82) is 0 Å². The third-order valence-electron chi connectivity index (χ3n) is 4.37. The molecule has 14 heteroatoms. The van der Waals surface area contributed by atoms with Crippen LogP contribution >= 0.6 is 16.9 Å². The number of aromatic nitrogens is 2. The zero-order chi connectivity index (χ0) is 22.7. The molecule has 1 aromatic heterocycles. The summed E-state index contributed by atoms with van der Waals surface area (Å²) in [6.07, 6.45) is 2.94. The van der Waals surface area contributed by atoms with E-state index in [-0.39, 0.29) is 25.5 Å². The van der Waals surface area contributed by atoms with Gasteiger partial charge in [-0.15, -0.1) is 0 Å². The van der Waals surface area contributed by atoms with Crippen LogP contribution in [0.1, 0.15) is 52.2 Å². The average molecular weight is 483 g/mol. The van der Waals surface area contributed by atoms with Crippen LogP contribution < -0.4 is 11.4 Å². The summed E-state index contributed by atoms with van der Waals surface area (Å²) < 4.78 is 39.9. The van der Waals surface area contributed by atoms with Crippen LogP contribution in [0.4, 0.5) is 5.82 Å². The van der Waals surface area contributed by atoms with Crippen molar-refractivity contribution < 1.29 is 37.3 Å². The Balaban J connectivity index is 1.97. The molecule has 0 aliphatic carbocycles. The summed E-state index contributed by atoms with van der Waals surface area (Å²) in [6, 6.07) is 1.47. The Morgan fingerprint density at radius 2 is 2.06 bits per heavy atom. The zero-order valence-electron chi connectivity index (χ0n) is 17.7. The number of phosphoric ester groups is 1. The molecule has 0 spiro atoms. The van der Waals surface area contributed by atoms with E-state index in [1.165, 1.54) is 16.8 Å². The van der Waals surface area contributed by atoms with Gasteiger partial charge in [-0.1, -0.05) is 26.7 Å². The molecule has 0 radical (unpaired) electrons. The molecule has 0 bridgehead atoms. The molecular weight excluding hydrogens is 452 g/mol. The molecule has 31 heavy (non-hydrogen) atoms. The van der Waals surface area contributed by atoms with Crippen LogP contribution in [0.15, 0.2) is 17.1 Å². The summed E-state index contributed by atoms with van der Waals surface area (Å²) in [7, 11) is -4.69. The van der Waals surface area contributed by atoms with E-state index in [0.29, 0.717) is 13.0 Å². The summed E-state index contributed by atoms with van der Waals surface area (Å²) in [5.41, 5.74) is 4.95. The molecule has 1 fully saturated rings. The molecule has 1 aliphatic rings. The fraction of sp³-hybridized carbons (Fsp3) is 0.765. The Labute approximate surface area is 182 Å². The van der Waals surface area contributed by atoms with Crippen LogP contribution in [0.5, 0.6) is 0 Å². The normalized spacial score (nSPS) is 23.5. The first-order valence-electron chi connectivity index (χ1n) is 10.2. The summed E-state index contributed by atoms with van der Waals surface area (Å²) >= 11 is 0. The van der Waals surface area contributed by atoms with Crippen molar-refractivity contribution in [3.8, 4) is 0 Å². The van der Waals surface area contributed by atoms with Crippen molar-refractivity contribution in [2.75, 3.05) is 25.6 Å². The highest BCUT2D eigenvalue weighted by atomic mass is 31.2. The number of anilines is 1. The number of ether oxygens (including phenoxy) is 1. The average Bonchev–Trinajstić information content (AvgIpc) is 3.12. The Kier molecular flexibility index (Phi) is 11.5. The fourth-order valence-electron chi connectivity index (χ4n) is 2.67. The van der Waals surface area contributed by atoms with E-state index in [1.807, 2.05) is 13.8 Å². The highest BCUT2D eigenvalue weighted by molar-refractivity contribution is 7.47. The quantitative estimate of drug-likeness (QED) is 0.164. The van der Waals surface area contributed by atoms with E-state index in [4.69, 9.17) is 33.6 Å². The van der Waals surface area contributed by atoms with Crippen LogP contribution in [0.25, 0.3) is 0 Å². The molecule has 1 saturated heterocycles. The van der Waals surface area contributed by atoms with Gasteiger partial charge in [0, 0.05) is 12.6 Å². The predicted molar refractivity (Wildman–Crippen MR) is 113 cm³/mol. The third-order valence-corrected chi connectivity index (χ3v) is 5.94. The smallest absolute Gasteiger partial charge is 0.383 e. The fourth-order valence-corrected chi connectivity index (χ4v) is 3.98. The number of hydrogen-bond donors (Lipinski definition) is 2. The zero-order valence-corrected chi connectivity index (χ0v) is 19.6. The summed E-state index contributed by atoms with van der Waals surface area (Å²) in [6.45, 7) is 4.24. The lowest BCUT2D eigenvalue weighted by molar-refractivity contribution is -0.205. The number of hydrogen-bond acceptors (Lipinski definition) is 10. The van der Waals surface area contributed by atoms with Crippen molar-refractivity contribution in [2.24, 2.45) is 0 Å². The molecule has 0 saturated carbocycles. The molecule has 0 aromatic carbocycles. The molecule has 5 atom stereocenters. The first-order valence-corrected chi connectivity index (χ1v) is 12.5. The van der Waals surface area contributed by atoms with E-state index in [2.05, 4.69) is 4.98 Å². The number of nitrogens with zero attached hydrogens (tertiary/aromatic N) is 2. The number of phosphoric acid groups is 1. The lowest BCUT2D eigenvalue weighted by Crippen LogP contribution is -2.28. The number of nitrogens with two attached hydrogens (primary N) is 1. The standard InChI is InChI=1S/C17H31N3O9P2/c1-3-5-9-24-29-30-28-13-11-16(20-8-7-15(18)19-17(20)21)27-14(13)12-26-31(22,23)25-10-6-4-2/h7-8,13-14,16,30H,3-6,9-12H2,1-2H3,(H,22,23)(H2,18,19,21)/t13-,14+,16+/m0/s1. The van der Waals surface area contributed by atoms with Gasteiger partial charge in [0.05, 0.1) is 25.9 Å². The summed E-state index contributed by atoms with van der Waals surface area (Å²) in [5, 5.41) is 0. The van der Waals surface area contributed by atoms with Gasteiger partial charge >= 0.3 is 13.5 Å². The van der Waals surface area contributed by atoms with Crippen LogP contribution in [-0.4, -0.2) is 46.5 Å². The number of unbranched alkanes of at least 4 members (excludes halogenated alkanes) is 2. The Bertz CT molecular complexity index is 767. The SMILES string of the molecule is CCCCOOPO[C@H]1C[C@H](n2ccc(N)nc2=O)O[C@@H]1COP(=O)(O)OCCCC. The summed E-state index contributed by atoms with van der Waals surface area (Å²) in [4.78, 5) is 30.7. The highest BCUT2D eigenvalue weighted by Gasteiger charge is 2.39. The molecule has 2 rings (SSSR count). The summed E-state index contributed by atoms with van der Waals surface area (Å²) in [5.74, 6) is 0.0940. The van der Waals surface area contributed by atoms with Gasteiger partial charge in [-0.2, -0.15) is 9.66 Å². The second-order valence-corrected chi connectivity index (χ2v) is 8.88. The second kappa shape index (κ2) is 13.6. The van der Waals surface area contributed by atoms with E-state index < -0.39 is 41.0 Å². The van der Waals surface area contributed by atoms with E-state index in [1.54, 1.807) is 0 Å². The number of nitrogen functional groups attached to an aromatic ring is 1. The Morgan fingerprint density at radius 3 is 2.77 bits per heavy atom. The minimum Gasteiger partial charge on any atom is -0.383 e. The van der Waals surface area contributed by atoms with Crippen molar-refractivity contribution in [3.63, 3.8) is 0 Å². The molecule has 2 heterocycles. The van der Waals surface area contributed by atoms with Crippen LogP contribution in [0.3, 0.4) is 0 Å². The first kappa shape index (κ1) is 26.3. The largest absolute Gasteiger partial charge is 0.472 e. The van der Waals surface area contributed by atoms with Gasteiger partial charge in [0.25, 0.3) is 0 Å². The molecule has 3 N–H and O–H groups in total. The minimum atomic E-state index is -4.24. The highest BCUT2D eigenvalue weighted by Crippen LogP contribution is 2.45. The topological polar surface area (TPSA) is 154 Å². The maximum Gasteiger partial charge on any atom is 0.472 e. The van der Waals surface area contributed by atoms with E-state index in [0.717, 1.165) is 19.3 Å². The van der Waals surface area contributed by atoms with Crippen molar-refractivity contribution in [1.82, 2.24) is 9.55 Å². The van der Waals surface area contributed by atoms with E-state index >= 15 is 0 Å². The maximum atomic E-state index is 12.1. The van der Waals surface area contributed by atoms with Gasteiger partial charge in [-0.05, 0) is 18.9 Å². The van der Waals surface area contributed by atoms with Gasteiger partial charge in [-0.25, -0.2) is 14.2 Å². The van der Waals surface area contributed by atoms with Gasteiger partial charge in [-0.3, -0.25) is 13.6 Å². The van der Waals surface area contributed by atoms with Crippen LogP contribution in [0.2, 0.25) is 0 Å². The lowest BCUT2D eigenvalue weighted by atomic mass is 10.2. The minimum absolute atomic E-state index is 0.0940. The van der Waals surface area contributed by atoms with Gasteiger partial charge in [0.2, 0.25) is 0 Å². The van der Waals surface area contributed by atoms with Crippen molar-refractivity contribution >= 4 is 22.7 Å². The molecule has 12 nitrogen and oxygen atoms in total. The molecule has 1 aromatic rings. The molecule has 178 valence electrons. The Morgan fingerprint density at radius 1 is 1.32 bits per heavy atom. The van der Waals surface area contributed by atoms with Crippen molar-refractivity contribution in [3.05, 3.63) is 22.7 Å². The van der Waals surface area contributed by atoms with Gasteiger partial charge in [0.15, 0.2) is 9.03 Å².